The number of fused-ring (bicyclic) bond motifs is 1. The van der Waals surface area contributed by atoms with Crippen LogP contribution < -0.4 is 5.32 Å². The van der Waals surface area contributed by atoms with Crippen molar-refractivity contribution in [3.63, 3.8) is 0 Å². The normalized spacial score (nSPS) is 12.9. The Morgan fingerprint density at radius 3 is 2.34 bits per heavy atom. The predicted octanol–water partition coefficient (Wildman–Crippen LogP) is 6.21. The van der Waals surface area contributed by atoms with Gasteiger partial charge < -0.3 is 9.88 Å². The highest BCUT2D eigenvalue weighted by Crippen LogP contribution is 2.32. The summed E-state index contributed by atoms with van der Waals surface area (Å²) in [4.78, 5) is 16.7. The van der Waals surface area contributed by atoms with Crippen LogP contribution in [0.25, 0.3) is 27.6 Å². The van der Waals surface area contributed by atoms with Crippen molar-refractivity contribution in [3.05, 3.63) is 88.7 Å². The second kappa shape index (κ2) is 8.87. The van der Waals surface area contributed by atoms with Crippen LogP contribution in [-0.4, -0.2) is 19.5 Å². The number of nitrogens with zero attached hydrogens (tertiary/aromatic N) is 5. The van der Waals surface area contributed by atoms with E-state index in [0.717, 1.165) is 53.7 Å². The van der Waals surface area contributed by atoms with E-state index >= 15 is 0 Å². The Kier molecular flexibility index (Phi) is 5.73. The average Bonchev–Trinajstić information content (AvgIpc) is 3.49. The SMILES string of the molecule is [C-]#[N+]c1ccc(-c2nc3c(c(NCc4ccc(-c5nc(C(F)(F)F)cn5C)cc4)n2)CCC3)cc1. The third kappa shape index (κ3) is 4.60. The molecule has 1 aliphatic carbocycles. The minimum Gasteiger partial charge on any atom is -0.366 e. The molecule has 0 aliphatic heterocycles. The number of nitrogens with one attached hydrogen (secondary N) is 1. The zero-order valence-electron chi connectivity index (χ0n) is 18.9. The Balaban J connectivity index is 1.36. The smallest absolute Gasteiger partial charge is 0.366 e. The molecule has 0 saturated heterocycles. The molecule has 35 heavy (non-hydrogen) atoms. The van der Waals surface area contributed by atoms with Gasteiger partial charge in [0.1, 0.15) is 11.6 Å². The van der Waals surface area contributed by atoms with Gasteiger partial charge in [0, 0.05) is 42.2 Å². The summed E-state index contributed by atoms with van der Waals surface area (Å²) in [5, 5.41) is 3.42. The first-order valence-corrected chi connectivity index (χ1v) is 11.1. The van der Waals surface area contributed by atoms with Crippen LogP contribution in [0.15, 0.2) is 54.7 Å². The molecule has 0 bridgehead atoms. The first kappa shape index (κ1) is 22.6. The Hall–Kier alpha value is -4.19. The molecule has 1 N–H and O–H groups in total. The third-order valence-electron chi connectivity index (χ3n) is 6.03. The number of imidazole rings is 1. The molecule has 4 aromatic rings. The van der Waals surface area contributed by atoms with E-state index in [1.54, 1.807) is 31.3 Å². The monoisotopic (exact) mass is 474 g/mol. The minimum absolute atomic E-state index is 0.263. The molecular weight excluding hydrogens is 453 g/mol. The molecule has 2 aromatic carbocycles. The summed E-state index contributed by atoms with van der Waals surface area (Å²) >= 11 is 0. The van der Waals surface area contributed by atoms with Crippen LogP contribution in [0.1, 0.15) is 28.9 Å². The van der Waals surface area contributed by atoms with Crippen molar-refractivity contribution >= 4 is 11.5 Å². The molecule has 9 heteroatoms. The van der Waals surface area contributed by atoms with E-state index in [1.165, 1.54) is 4.57 Å². The zero-order chi connectivity index (χ0) is 24.6. The van der Waals surface area contributed by atoms with Crippen molar-refractivity contribution in [2.45, 2.75) is 32.0 Å². The van der Waals surface area contributed by atoms with Gasteiger partial charge in [-0.1, -0.05) is 48.5 Å². The predicted molar refractivity (Wildman–Crippen MR) is 127 cm³/mol. The first-order chi connectivity index (χ1) is 16.8. The van der Waals surface area contributed by atoms with Gasteiger partial charge in [0.05, 0.1) is 6.57 Å². The number of halogens is 3. The van der Waals surface area contributed by atoms with E-state index in [4.69, 9.17) is 16.5 Å². The maximum absolute atomic E-state index is 13.0. The fourth-order valence-corrected chi connectivity index (χ4v) is 4.22. The average molecular weight is 474 g/mol. The van der Waals surface area contributed by atoms with E-state index in [-0.39, 0.29) is 5.82 Å². The molecule has 0 spiro atoms. The van der Waals surface area contributed by atoms with Gasteiger partial charge in [-0.05, 0) is 24.8 Å². The largest absolute Gasteiger partial charge is 0.434 e. The molecular formula is C26H21F3N6. The lowest BCUT2D eigenvalue weighted by atomic mass is 10.1. The lowest BCUT2D eigenvalue weighted by molar-refractivity contribution is -0.140. The number of anilines is 1. The molecule has 176 valence electrons. The van der Waals surface area contributed by atoms with Gasteiger partial charge in [-0.2, -0.15) is 13.2 Å². The van der Waals surface area contributed by atoms with E-state index in [1.807, 2.05) is 24.3 Å². The second-order valence-electron chi connectivity index (χ2n) is 8.44. The third-order valence-corrected chi connectivity index (χ3v) is 6.03. The number of alkyl halides is 3. The molecule has 0 unspecified atom stereocenters. The Labute approximate surface area is 200 Å². The molecule has 5 rings (SSSR count). The number of aromatic nitrogens is 4. The second-order valence-corrected chi connectivity index (χ2v) is 8.44. The Morgan fingerprint density at radius 1 is 0.971 bits per heavy atom. The van der Waals surface area contributed by atoms with E-state index < -0.39 is 11.9 Å². The van der Waals surface area contributed by atoms with Crippen molar-refractivity contribution in [1.29, 1.82) is 0 Å². The molecule has 0 radical (unpaired) electrons. The highest BCUT2D eigenvalue weighted by atomic mass is 19.4. The maximum atomic E-state index is 13.0. The number of hydrogen-bond acceptors (Lipinski definition) is 4. The number of benzene rings is 2. The van der Waals surface area contributed by atoms with Crippen molar-refractivity contribution < 1.29 is 13.2 Å². The highest BCUT2D eigenvalue weighted by molar-refractivity contribution is 5.64. The van der Waals surface area contributed by atoms with E-state index in [0.29, 0.717) is 23.6 Å². The molecule has 0 amide bonds. The molecule has 6 nitrogen and oxygen atoms in total. The summed E-state index contributed by atoms with van der Waals surface area (Å²) in [7, 11) is 1.55. The molecule has 0 saturated carbocycles. The van der Waals surface area contributed by atoms with Crippen LogP contribution in [0.3, 0.4) is 0 Å². The standard InChI is InChI=1S/C26H21F3N6/c1-30-19-12-10-17(11-13-19)23-32-21-5-3-4-20(21)24(34-23)31-14-16-6-8-18(9-7-16)25-33-22(15-35(25)2)26(27,28)29/h6-13,15H,3-5,14H2,2H3,(H,31,32,34). The van der Waals surface area contributed by atoms with Crippen LogP contribution in [0.4, 0.5) is 24.7 Å². The summed E-state index contributed by atoms with van der Waals surface area (Å²) in [5.74, 6) is 1.68. The topological polar surface area (TPSA) is 60.0 Å². The quantitative estimate of drug-likeness (QED) is 0.349. The summed E-state index contributed by atoms with van der Waals surface area (Å²) in [6, 6.07) is 14.5. The first-order valence-electron chi connectivity index (χ1n) is 11.1. The van der Waals surface area contributed by atoms with Crippen LogP contribution in [0, 0.1) is 6.57 Å². The van der Waals surface area contributed by atoms with Crippen molar-refractivity contribution in [2.75, 3.05) is 5.32 Å². The maximum Gasteiger partial charge on any atom is 0.434 e. The van der Waals surface area contributed by atoms with Crippen molar-refractivity contribution in [2.24, 2.45) is 7.05 Å². The van der Waals surface area contributed by atoms with Crippen LogP contribution in [0.2, 0.25) is 0 Å². The van der Waals surface area contributed by atoms with Crippen LogP contribution in [0.5, 0.6) is 0 Å². The fraction of sp³-hybridized carbons (Fsp3) is 0.231. The fourth-order valence-electron chi connectivity index (χ4n) is 4.22. The summed E-state index contributed by atoms with van der Waals surface area (Å²) < 4.78 is 40.3. The lowest BCUT2D eigenvalue weighted by Gasteiger charge is -2.13. The van der Waals surface area contributed by atoms with Gasteiger partial charge in [-0.25, -0.2) is 19.8 Å². The molecule has 0 atom stereocenters. The van der Waals surface area contributed by atoms with Crippen molar-refractivity contribution in [3.8, 4) is 22.8 Å². The summed E-state index contributed by atoms with van der Waals surface area (Å²) in [6.45, 7) is 7.63. The van der Waals surface area contributed by atoms with Gasteiger partial charge >= 0.3 is 6.18 Å². The zero-order valence-corrected chi connectivity index (χ0v) is 18.9. The van der Waals surface area contributed by atoms with Gasteiger partial charge in [0.25, 0.3) is 0 Å². The molecule has 1 aliphatic rings. The number of aryl methyl sites for hydroxylation is 2. The number of hydrogen-bond donors (Lipinski definition) is 1. The molecule has 2 heterocycles. The highest BCUT2D eigenvalue weighted by Gasteiger charge is 2.34. The summed E-state index contributed by atoms with van der Waals surface area (Å²) in [5.41, 5.74) is 4.25. The number of rotatable bonds is 5. The van der Waals surface area contributed by atoms with Crippen LogP contribution >= 0.6 is 0 Å². The van der Waals surface area contributed by atoms with Gasteiger partial charge in [0.2, 0.25) is 0 Å². The minimum atomic E-state index is -4.48. The van der Waals surface area contributed by atoms with Gasteiger partial charge in [-0.15, -0.1) is 0 Å². The van der Waals surface area contributed by atoms with E-state index in [9.17, 15) is 13.2 Å². The van der Waals surface area contributed by atoms with Gasteiger partial charge in [0.15, 0.2) is 17.2 Å². The molecule has 2 aromatic heterocycles. The Bertz CT molecular complexity index is 1410. The lowest BCUT2D eigenvalue weighted by Crippen LogP contribution is -2.07. The van der Waals surface area contributed by atoms with Crippen LogP contribution in [-0.2, 0) is 32.6 Å². The van der Waals surface area contributed by atoms with Crippen molar-refractivity contribution in [1.82, 2.24) is 19.5 Å². The van der Waals surface area contributed by atoms with E-state index in [2.05, 4.69) is 15.1 Å². The molecule has 0 fully saturated rings. The summed E-state index contributed by atoms with van der Waals surface area (Å²) in [6.07, 6.45) is -0.647. The Morgan fingerprint density at radius 2 is 1.69 bits per heavy atom. The van der Waals surface area contributed by atoms with Gasteiger partial charge in [-0.3, -0.25) is 0 Å².